The highest BCUT2D eigenvalue weighted by Crippen LogP contribution is 2.06. The third-order valence-electron chi connectivity index (χ3n) is 1.62. The molecule has 0 unspecified atom stereocenters. The van der Waals surface area contributed by atoms with Crippen molar-refractivity contribution in [3.63, 3.8) is 0 Å². The van der Waals surface area contributed by atoms with E-state index in [2.05, 4.69) is 5.10 Å². The third-order valence-corrected chi connectivity index (χ3v) is 1.88. The van der Waals surface area contributed by atoms with Crippen molar-refractivity contribution in [3.8, 4) is 0 Å². The monoisotopic (exact) mass is 214 g/mol. The minimum Gasteiger partial charge on any atom is -0.303 e. The summed E-state index contributed by atoms with van der Waals surface area (Å²) in [6.07, 6.45) is 0. The van der Waals surface area contributed by atoms with E-state index in [1.165, 1.54) is 12.1 Å². The molecule has 1 aromatic carbocycles. The number of benzene rings is 1. The Kier molecular flexibility index (Phi) is 3.89. The maximum atomic E-state index is 12.6. The first kappa shape index (κ1) is 11.0. The molecule has 0 saturated carbocycles. The lowest BCUT2D eigenvalue weighted by molar-refractivity contribution is 0.438. The number of halogens is 2. The van der Waals surface area contributed by atoms with Gasteiger partial charge in [-0.1, -0.05) is 12.1 Å². The second-order valence-electron chi connectivity index (χ2n) is 3.03. The summed E-state index contributed by atoms with van der Waals surface area (Å²) in [4.78, 5) is 0. The average molecular weight is 215 g/mol. The summed E-state index contributed by atoms with van der Waals surface area (Å²) in [6, 6.07) is 6.13. The van der Waals surface area contributed by atoms with Gasteiger partial charge in [-0.05, 0) is 17.7 Å². The molecule has 14 heavy (non-hydrogen) atoms. The Labute approximate surface area is 88.0 Å². The first-order valence-corrected chi connectivity index (χ1v) is 4.73. The minimum atomic E-state index is -0.257. The molecule has 0 atom stereocenters. The molecule has 1 rings (SSSR count). The lowest BCUT2D eigenvalue weighted by Gasteiger charge is -2.08. The molecular weight excluding hydrogens is 203 g/mol. The molecule has 0 aromatic heterocycles. The van der Waals surface area contributed by atoms with Crippen LogP contribution in [0.1, 0.15) is 5.56 Å². The molecule has 0 aliphatic heterocycles. The second kappa shape index (κ2) is 4.96. The molecule has 0 bridgehead atoms. The number of hydrogen-bond donors (Lipinski definition) is 0. The van der Waals surface area contributed by atoms with Crippen molar-refractivity contribution in [1.29, 1.82) is 0 Å². The molecule has 1 aromatic rings. The molecule has 0 spiro atoms. The topological polar surface area (TPSA) is 15.6 Å². The molecular formula is C10H12ClFN2. The molecule has 4 heteroatoms. The van der Waals surface area contributed by atoms with E-state index < -0.39 is 0 Å². The van der Waals surface area contributed by atoms with Crippen LogP contribution in [-0.4, -0.2) is 30.7 Å². The summed E-state index contributed by atoms with van der Waals surface area (Å²) < 4.78 is 12.6. The van der Waals surface area contributed by atoms with Gasteiger partial charge in [-0.3, -0.25) is 0 Å². The van der Waals surface area contributed by atoms with Crippen LogP contribution in [0.15, 0.2) is 29.4 Å². The maximum Gasteiger partial charge on any atom is 0.123 e. The van der Waals surface area contributed by atoms with E-state index in [9.17, 15) is 4.39 Å². The minimum absolute atomic E-state index is 0.257. The Bertz CT molecular complexity index is 319. The van der Waals surface area contributed by atoms with Gasteiger partial charge in [0.05, 0.1) is 11.6 Å². The summed E-state index contributed by atoms with van der Waals surface area (Å²) in [5, 5.41) is 5.86. The van der Waals surface area contributed by atoms with Gasteiger partial charge in [0.2, 0.25) is 0 Å². The molecule has 2 nitrogen and oxygen atoms in total. The molecule has 0 fully saturated rings. The first-order chi connectivity index (χ1) is 6.63. The summed E-state index contributed by atoms with van der Waals surface area (Å²) in [5.41, 5.74) is 1.58. The number of rotatable bonds is 3. The Morgan fingerprint density at radius 1 is 1.36 bits per heavy atom. The SMILES string of the molecule is CN(C)N=C(CCl)c1ccc(F)cc1. The molecule has 0 heterocycles. The summed E-state index contributed by atoms with van der Waals surface area (Å²) in [5.74, 6) is 0.0524. The van der Waals surface area contributed by atoms with Crippen LogP contribution in [0.25, 0.3) is 0 Å². The van der Waals surface area contributed by atoms with Crippen LogP contribution < -0.4 is 0 Å². The highest BCUT2D eigenvalue weighted by atomic mass is 35.5. The zero-order chi connectivity index (χ0) is 10.6. The predicted molar refractivity (Wildman–Crippen MR) is 57.3 cm³/mol. The van der Waals surface area contributed by atoms with Gasteiger partial charge in [-0.25, -0.2) is 4.39 Å². The fourth-order valence-corrected chi connectivity index (χ4v) is 1.25. The first-order valence-electron chi connectivity index (χ1n) is 4.20. The molecule has 76 valence electrons. The van der Waals surface area contributed by atoms with Gasteiger partial charge in [0.25, 0.3) is 0 Å². The van der Waals surface area contributed by atoms with Crippen LogP contribution in [0, 0.1) is 5.82 Å². The van der Waals surface area contributed by atoms with E-state index in [0.29, 0.717) is 5.88 Å². The zero-order valence-corrected chi connectivity index (χ0v) is 8.92. The Morgan fingerprint density at radius 2 is 1.93 bits per heavy atom. The van der Waals surface area contributed by atoms with Crippen molar-refractivity contribution in [1.82, 2.24) is 5.01 Å². The largest absolute Gasteiger partial charge is 0.303 e. The van der Waals surface area contributed by atoms with Gasteiger partial charge in [-0.2, -0.15) is 5.10 Å². The molecule has 0 aliphatic rings. The highest BCUT2D eigenvalue weighted by molar-refractivity contribution is 6.31. The van der Waals surface area contributed by atoms with E-state index in [-0.39, 0.29) is 5.82 Å². The fraction of sp³-hybridized carbons (Fsp3) is 0.300. The van der Waals surface area contributed by atoms with Crippen LogP contribution in [0.3, 0.4) is 0 Å². The van der Waals surface area contributed by atoms with Crippen molar-refractivity contribution < 1.29 is 4.39 Å². The van der Waals surface area contributed by atoms with Crippen molar-refractivity contribution in [2.24, 2.45) is 5.10 Å². The van der Waals surface area contributed by atoms with E-state index >= 15 is 0 Å². The average Bonchev–Trinajstić information content (AvgIpc) is 2.15. The summed E-state index contributed by atoms with van der Waals surface area (Å²) in [7, 11) is 3.63. The molecule has 0 N–H and O–H groups in total. The maximum absolute atomic E-state index is 12.6. The second-order valence-corrected chi connectivity index (χ2v) is 3.30. The van der Waals surface area contributed by atoms with E-state index in [1.54, 1.807) is 17.1 Å². The normalized spacial score (nSPS) is 11.6. The van der Waals surface area contributed by atoms with Gasteiger partial charge in [0.15, 0.2) is 0 Å². The van der Waals surface area contributed by atoms with Crippen LogP contribution in [0.5, 0.6) is 0 Å². The number of nitrogens with zero attached hydrogens (tertiary/aromatic N) is 2. The molecule has 0 saturated heterocycles. The Hall–Kier alpha value is -1.09. The smallest absolute Gasteiger partial charge is 0.123 e. The molecule has 0 aliphatic carbocycles. The van der Waals surface area contributed by atoms with Crippen LogP contribution >= 0.6 is 11.6 Å². The van der Waals surface area contributed by atoms with Crippen molar-refractivity contribution in [3.05, 3.63) is 35.6 Å². The summed E-state index contributed by atoms with van der Waals surface area (Å²) >= 11 is 5.73. The summed E-state index contributed by atoms with van der Waals surface area (Å²) in [6.45, 7) is 0. The van der Waals surface area contributed by atoms with Crippen LogP contribution in [-0.2, 0) is 0 Å². The van der Waals surface area contributed by atoms with Crippen LogP contribution in [0.4, 0.5) is 4.39 Å². The van der Waals surface area contributed by atoms with Crippen molar-refractivity contribution in [2.75, 3.05) is 20.0 Å². The lowest BCUT2D eigenvalue weighted by Crippen LogP contribution is -2.11. The van der Waals surface area contributed by atoms with Gasteiger partial charge in [0, 0.05) is 14.1 Å². The third kappa shape index (κ3) is 3.00. The predicted octanol–water partition coefficient (Wildman–Crippen LogP) is 2.33. The van der Waals surface area contributed by atoms with Gasteiger partial charge in [-0.15, -0.1) is 11.6 Å². The quantitative estimate of drug-likeness (QED) is 0.429. The number of hydrazone groups is 1. The van der Waals surface area contributed by atoms with Crippen molar-refractivity contribution >= 4 is 17.3 Å². The van der Waals surface area contributed by atoms with E-state index in [4.69, 9.17) is 11.6 Å². The molecule has 0 radical (unpaired) electrons. The lowest BCUT2D eigenvalue weighted by atomic mass is 10.1. The van der Waals surface area contributed by atoms with E-state index in [1.807, 2.05) is 14.1 Å². The van der Waals surface area contributed by atoms with Crippen LogP contribution in [0.2, 0.25) is 0 Å². The van der Waals surface area contributed by atoms with Gasteiger partial charge >= 0.3 is 0 Å². The highest BCUT2D eigenvalue weighted by Gasteiger charge is 2.02. The standard InChI is InChI=1S/C10H12ClFN2/c1-14(2)13-10(7-11)8-3-5-9(12)6-4-8/h3-6H,7H2,1-2H3. The zero-order valence-electron chi connectivity index (χ0n) is 8.17. The van der Waals surface area contributed by atoms with E-state index in [0.717, 1.165) is 11.3 Å². The van der Waals surface area contributed by atoms with Gasteiger partial charge in [0.1, 0.15) is 5.82 Å². The molecule has 0 amide bonds. The van der Waals surface area contributed by atoms with Gasteiger partial charge < -0.3 is 5.01 Å². The fourth-order valence-electron chi connectivity index (χ4n) is 1.05. The number of hydrogen-bond acceptors (Lipinski definition) is 2. The Morgan fingerprint density at radius 3 is 2.36 bits per heavy atom. The van der Waals surface area contributed by atoms with Crippen molar-refractivity contribution in [2.45, 2.75) is 0 Å². The Balaban J connectivity index is 2.95. The number of alkyl halides is 1.